The van der Waals surface area contributed by atoms with E-state index in [0.717, 1.165) is 19.5 Å². The van der Waals surface area contributed by atoms with Gasteiger partial charge in [-0.15, -0.1) is 11.3 Å². The normalized spacial score (nSPS) is 23.6. The molecular formula is C12H17N3O2S. The maximum Gasteiger partial charge on any atom is 0.261 e. The molecule has 0 aliphatic carbocycles. The molecule has 2 amide bonds. The Labute approximate surface area is 110 Å². The molecule has 1 fully saturated rings. The van der Waals surface area contributed by atoms with E-state index in [1.807, 2.05) is 0 Å². The van der Waals surface area contributed by atoms with Crippen molar-refractivity contribution >= 4 is 23.2 Å². The Morgan fingerprint density at radius 1 is 1.56 bits per heavy atom. The fourth-order valence-electron chi connectivity index (χ4n) is 2.05. The lowest BCUT2D eigenvalue weighted by atomic mass is 9.95. The maximum atomic E-state index is 12.0. The molecule has 1 aromatic heterocycles. The van der Waals surface area contributed by atoms with E-state index in [0.29, 0.717) is 16.4 Å². The molecule has 0 spiro atoms. The van der Waals surface area contributed by atoms with Crippen LogP contribution in [0.4, 0.5) is 0 Å². The number of rotatable bonds is 3. The molecule has 0 bridgehead atoms. The number of piperidine rings is 1. The van der Waals surface area contributed by atoms with E-state index in [2.05, 4.69) is 17.6 Å². The van der Waals surface area contributed by atoms with E-state index in [9.17, 15) is 9.59 Å². The molecule has 1 aliphatic heterocycles. The Kier molecular flexibility index (Phi) is 3.98. The van der Waals surface area contributed by atoms with E-state index in [4.69, 9.17) is 5.73 Å². The fourth-order valence-corrected chi connectivity index (χ4v) is 2.85. The summed E-state index contributed by atoms with van der Waals surface area (Å²) in [7, 11) is 0. The van der Waals surface area contributed by atoms with Gasteiger partial charge in [-0.2, -0.15) is 0 Å². The highest BCUT2D eigenvalue weighted by Gasteiger charge is 2.23. The van der Waals surface area contributed by atoms with Crippen molar-refractivity contribution in [1.82, 2.24) is 10.6 Å². The van der Waals surface area contributed by atoms with Crippen LogP contribution in [0.3, 0.4) is 0 Å². The maximum absolute atomic E-state index is 12.0. The van der Waals surface area contributed by atoms with Crippen LogP contribution in [0.15, 0.2) is 11.4 Å². The lowest BCUT2D eigenvalue weighted by Crippen LogP contribution is -2.48. The second-order valence-corrected chi connectivity index (χ2v) is 5.53. The van der Waals surface area contributed by atoms with Gasteiger partial charge in [-0.25, -0.2) is 0 Å². The highest BCUT2D eigenvalue weighted by atomic mass is 32.1. The number of carbonyl (C=O) groups excluding carboxylic acids is 2. The molecule has 1 aromatic rings. The zero-order valence-electron chi connectivity index (χ0n) is 10.2. The number of hydrogen-bond donors (Lipinski definition) is 3. The zero-order chi connectivity index (χ0) is 13.1. The summed E-state index contributed by atoms with van der Waals surface area (Å²) in [6, 6.07) is 1.74. The highest BCUT2D eigenvalue weighted by molar-refractivity contribution is 7.12. The first kappa shape index (κ1) is 13.0. The quantitative estimate of drug-likeness (QED) is 0.749. The highest BCUT2D eigenvalue weighted by Crippen LogP contribution is 2.16. The third-order valence-electron chi connectivity index (χ3n) is 3.21. The van der Waals surface area contributed by atoms with Crippen LogP contribution in [-0.4, -0.2) is 30.9 Å². The average Bonchev–Trinajstić information content (AvgIpc) is 2.81. The summed E-state index contributed by atoms with van der Waals surface area (Å²) in [6.45, 7) is 3.95. The molecule has 2 rings (SSSR count). The number of primary amides is 1. The SMILES string of the molecule is CC1CNCCC1NC(=O)c1cc(C(N)=O)cs1. The van der Waals surface area contributed by atoms with E-state index >= 15 is 0 Å². The standard InChI is InChI=1S/C12H17N3O2S/c1-7-5-14-3-2-9(7)15-12(17)10-4-8(6-18-10)11(13)16/h4,6-7,9,14H,2-3,5H2,1H3,(H2,13,16)(H,15,17). The van der Waals surface area contributed by atoms with Crippen LogP contribution in [0.2, 0.25) is 0 Å². The van der Waals surface area contributed by atoms with Crippen molar-refractivity contribution in [2.24, 2.45) is 11.7 Å². The molecule has 1 aliphatic rings. The van der Waals surface area contributed by atoms with E-state index in [1.165, 1.54) is 11.3 Å². The molecule has 2 unspecified atom stereocenters. The fraction of sp³-hybridized carbons (Fsp3) is 0.500. The van der Waals surface area contributed by atoms with Gasteiger partial charge in [-0.05, 0) is 31.5 Å². The van der Waals surface area contributed by atoms with Crippen LogP contribution >= 0.6 is 11.3 Å². The smallest absolute Gasteiger partial charge is 0.261 e. The number of amides is 2. The Bertz CT molecular complexity index is 458. The second kappa shape index (κ2) is 5.49. The number of hydrogen-bond acceptors (Lipinski definition) is 4. The van der Waals surface area contributed by atoms with E-state index < -0.39 is 5.91 Å². The molecular weight excluding hydrogens is 250 g/mol. The minimum Gasteiger partial charge on any atom is -0.366 e. The zero-order valence-corrected chi connectivity index (χ0v) is 11.0. The first-order chi connectivity index (χ1) is 8.58. The number of nitrogens with one attached hydrogen (secondary N) is 2. The number of carbonyl (C=O) groups is 2. The van der Waals surface area contributed by atoms with Crippen LogP contribution in [0.1, 0.15) is 33.4 Å². The van der Waals surface area contributed by atoms with Crippen molar-refractivity contribution < 1.29 is 9.59 Å². The summed E-state index contributed by atoms with van der Waals surface area (Å²) in [5.74, 6) is -0.204. The van der Waals surface area contributed by atoms with Crippen molar-refractivity contribution in [2.45, 2.75) is 19.4 Å². The van der Waals surface area contributed by atoms with Gasteiger partial charge in [0.2, 0.25) is 5.91 Å². The minimum atomic E-state index is -0.500. The summed E-state index contributed by atoms with van der Waals surface area (Å²) >= 11 is 1.25. The van der Waals surface area contributed by atoms with Crippen LogP contribution in [0, 0.1) is 5.92 Å². The van der Waals surface area contributed by atoms with Crippen LogP contribution in [0.25, 0.3) is 0 Å². The molecule has 0 aromatic carbocycles. The topological polar surface area (TPSA) is 84.2 Å². The number of thiophene rings is 1. The van der Waals surface area contributed by atoms with Crippen molar-refractivity contribution in [3.63, 3.8) is 0 Å². The summed E-state index contributed by atoms with van der Waals surface area (Å²) < 4.78 is 0. The second-order valence-electron chi connectivity index (χ2n) is 4.61. The first-order valence-corrected chi connectivity index (χ1v) is 6.86. The molecule has 5 nitrogen and oxygen atoms in total. The van der Waals surface area contributed by atoms with Crippen molar-refractivity contribution in [3.05, 3.63) is 21.9 Å². The van der Waals surface area contributed by atoms with Crippen molar-refractivity contribution in [3.8, 4) is 0 Å². The molecule has 1 saturated heterocycles. The summed E-state index contributed by atoms with van der Waals surface area (Å²) in [4.78, 5) is 23.5. The third-order valence-corrected chi connectivity index (χ3v) is 4.14. The Hall–Kier alpha value is -1.40. The molecule has 6 heteroatoms. The molecule has 18 heavy (non-hydrogen) atoms. The predicted molar refractivity (Wildman–Crippen MR) is 70.7 cm³/mol. The lowest BCUT2D eigenvalue weighted by molar-refractivity contribution is 0.0918. The van der Waals surface area contributed by atoms with Gasteiger partial charge in [-0.3, -0.25) is 9.59 Å². The van der Waals surface area contributed by atoms with Gasteiger partial charge in [0.15, 0.2) is 0 Å². The van der Waals surface area contributed by atoms with Gasteiger partial charge in [-0.1, -0.05) is 6.92 Å². The van der Waals surface area contributed by atoms with E-state index in [1.54, 1.807) is 11.4 Å². The van der Waals surface area contributed by atoms with Crippen LogP contribution in [0.5, 0.6) is 0 Å². The average molecular weight is 267 g/mol. The van der Waals surface area contributed by atoms with E-state index in [-0.39, 0.29) is 11.9 Å². The van der Waals surface area contributed by atoms with Gasteiger partial charge in [0.1, 0.15) is 0 Å². The van der Waals surface area contributed by atoms with Gasteiger partial charge in [0.25, 0.3) is 5.91 Å². The summed E-state index contributed by atoms with van der Waals surface area (Å²) in [5.41, 5.74) is 5.55. The molecule has 2 heterocycles. The molecule has 98 valence electrons. The largest absolute Gasteiger partial charge is 0.366 e. The van der Waals surface area contributed by atoms with Crippen LogP contribution in [-0.2, 0) is 0 Å². The monoisotopic (exact) mass is 267 g/mol. The first-order valence-electron chi connectivity index (χ1n) is 5.98. The summed E-state index contributed by atoms with van der Waals surface area (Å²) in [5, 5.41) is 7.92. The third kappa shape index (κ3) is 2.88. The predicted octanol–water partition coefficient (Wildman–Crippen LogP) is 0.575. The van der Waals surface area contributed by atoms with Gasteiger partial charge in [0, 0.05) is 11.4 Å². The molecule has 0 radical (unpaired) electrons. The van der Waals surface area contributed by atoms with Gasteiger partial charge < -0.3 is 16.4 Å². The number of nitrogens with two attached hydrogens (primary N) is 1. The molecule has 4 N–H and O–H groups in total. The Balaban J connectivity index is 2.00. The molecule has 2 atom stereocenters. The van der Waals surface area contributed by atoms with Gasteiger partial charge >= 0.3 is 0 Å². The Morgan fingerprint density at radius 3 is 2.94 bits per heavy atom. The summed E-state index contributed by atoms with van der Waals surface area (Å²) in [6.07, 6.45) is 0.932. The molecule has 0 saturated carbocycles. The Morgan fingerprint density at radius 2 is 2.33 bits per heavy atom. The van der Waals surface area contributed by atoms with Crippen molar-refractivity contribution in [2.75, 3.05) is 13.1 Å². The lowest BCUT2D eigenvalue weighted by Gasteiger charge is -2.30. The van der Waals surface area contributed by atoms with Crippen molar-refractivity contribution in [1.29, 1.82) is 0 Å². The minimum absolute atomic E-state index is 0.119. The van der Waals surface area contributed by atoms with Gasteiger partial charge in [0.05, 0.1) is 10.4 Å². The van der Waals surface area contributed by atoms with Crippen LogP contribution < -0.4 is 16.4 Å².